The third-order valence-electron chi connectivity index (χ3n) is 7.55. The quantitative estimate of drug-likeness (QED) is 0.315. The van der Waals surface area contributed by atoms with E-state index in [2.05, 4.69) is 62.3 Å². The van der Waals surface area contributed by atoms with Crippen LogP contribution in [0.15, 0.2) is 0 Å². The van der Waals surface area contributed by atoms with Crippen molar-refractivity contribution >= 4 is 16.6 Å². The summed E-state index contributed by atoms with van der Waals surface area (Å²) in [6.07, 6.45) is 2.69. The van der Waals surface area contributed by atoms with Gasteiger partial charge < -0.3 is 13.6 Å². The highest BCUT2D eigenvalue weighted by molar-refractivity contribution is 6.74. The van der Waals surface area contributed by atoms with E-state index in [1.54, 1.807) is 0 Å². The Bertz CT molecular complexity index is 394. The second kappa shape index (κ2) is 11.5. The Morgan fingerprint density at radius 2 is 1.11 bits per heavy atom. The van der Waals surface area contributed by atoms with Crippen molar-refractivity contribution in [2.45, 2.75) is 130 Å². The molecular weight excluding hydrogens is 368 g/mol. The van der Waals surface area contributed by atoms with E-state index in [0.717, 1.165) is 12.8 Å². The molecule has 0 radical (unpaired) electrons. The van der Waals surface area contributed by atoms with Gasteiger partial charge in [-0.15, -0.1) is 0 Å². The Labute approximate surface area is 172 Å². The highest BCUT2D eigenvalue weighted by atomic mass is 28.4. The van der Waals surface area contributed by atoms with Crippen LogP contribution in [-0.2, 0) is 13.6 Å². The minimum Gasteiger partial charge on any atom is -0.413 e. The molecule has 0 saturated carbocycles. The summed E-state index contributed by atoms with van der Waals surface area (Å²) in [5, 5.41) is 0. The molecule has 162 valence electrons. The molecule has 0 unspecified atom stereocenters. The molecule has 0 aromatic heterocycles. The van der Waals surface area contributed by atoms with Gasteiger partial charge in [-0.2, -0.15) is 0 Å². The summed E-state index contributed by atoms with van der Waals surface area (Å²) >= 11 is 0. The fourth-order valence-corrected chi connectivity index (χ4v) is 10.5. The third-order valence-corrected chi connectivity index (χ3v) is 16.8. The van der Waals surface area contributed by atoms with Crippen LogP contribution in [0.2, 0.25) is 36.3 Å². The van der Waals surface area contributed by atoms with Crippen molar-refractivity contribution in [1.82, 2.24) is 0 Å². The number of ether oxygens (including phenoxy) is 1. The van der Waals surface area contributed by atoms with E-state index in [1.165, 1.54) is 36.3 Å². The summed E-state index contributed by atoms with van der Waals surface area (Å²) in [5.74, 6) is 0.749. The van der Waals surface area contributed by atoms with Crippen LogP contribution in [0.25, 0.3) is 0 Å². The van der Waals surface area contributed by atoms with Gasteiger partial charge in [-0.05, 0) is 42.7 Å². The van der Waals surface area contributed by atoms with Gasteiger partial charge in [0, 0.05) is 11.8 Å². The van der Waals surface area contributed by atoms with Crippen molar-refractivity contribution in [3.63, 3.8) is 0 Å². The van der Waals surface area contributed by atoms with E-state index in [9.17, 15) is 0 Å². The first-order valence-corrected chi connectivity index (χ1v) is 16.9. The normalized spacial score (nSPS) is 29.9. The number of hydrogen-bond donors (Lipinski definition) is 0. The second-order valence-corrected chi connectivity index (χ2v) is 18.2. The molecule has 0 bridgehead atoms. The molecule has 5 heteroatoms. The third kappa shape index (κ3) is 5.91. The van der Waals surface area contributed by atoms with Gasteiger partial charge in [-0.25, -0.2) is 0 Å². The maximum absolute atomic E-state index is 7.07. The summed E-state index contributed by atoms with van der Waals surface area (Å²) in [7, 11) is -3.36. The summed E-state index contributed by atoms with van der Waals surface area (Å²) < 4.78 is 20.5. The van der Waals surface area contributed by atoms with Crippen LogP contribution < -0.4 is 0 Å². The van der Waals surface area contributed by atoms with Crippen molar-refractivity contribution in [3.8, 4) is 0 Å². The standard InChI is InChI=1S/C22H48O3Si2/c1-10-17-20-18(8)21(24-26(11-2,12-3)13-4)19(9)22(23-20)25-27(14-5,15-6)16-7/h18-22H,10-17H2,1-9H3/t18-,19+,20+,21-,22+/m0/s1. The lowest BCUT2D eigenvalue weighted by Crippen LogP contribution is -2.57. The summed E-state index contributed by atoms with van der Waals surface area (Å²) in [4.78, 5) is 0. The zero-order valence-electron chi connectivity index (χ0n) is 19.8. The van der Waals surface area contributed by atoms with Crippen molar-refractivity contribution in [2.24, 2.45) is 11.8 Å². The largest absolute Gasteiger partial charge is 0.413 e. The van der Waals surface area contributed by atoms with Gasteiger partial charge in [-0.3, -0.25) is 0 Å². The van der Waals surface area contributed by atoms with Crippen LogP contribution in [0.5, 0.6) is 0 Å². The minimum absolute atomic E-state index is 0.0912. The van der Waals surface area contributed by atoms with Gasteiger partial charge in [0.25, 0.3) is 0 Å². The summed E-state index contributed by atoms with van der Waals surface area (Å²) in [5.41, 5.74) is 0. The van der Waals surface area contributed by atoms with Crippen LogP contribution >= 0.6 is 0 Å². The van der Waals surface area contributed by atoms with Crippen molar-refractivity contribution in [1.29, 1.82) is 0 Å². The molecule has 0 aromatic carbocycles. The predicted molar refractivity (Wildman–Crippen MR) is 122 cm³/mol. The first-order chi connectivity index (χ1) is 12.8. The maximum atomic E-state index is 7.07. The lowest BCUT2D eigenvalue weighted by atomic mass is 9.84. The molecule has 27 heavy (non-hydrogen) atoms. The van der Waals surface area contributed by atoms with E-state index < -0.39 is 16.6 Å². The summed E-state index contributed by atoms with van der Waals surface area (Å²) in [6.45, 7) is 20.8. The molecule has 1 aliphatic rings. The van der Waals surface area contributed by atoms with Crippen LogP contribution in [-0.4, -0.2) is 35.1 Å². The van der Waals surface area contributed by atoms with Gasteiger partial charge >= 0.3 is 0 Å². The molecule has 0 spiro atoms. The molecule has 0 N–H and O–H groups in total. The van der Waals surface area contributed by atoms with E-state index in [4.69, 9.17) is 13.6 Å². The molecule has 1 fully saturated rings. The Kier molecular flexibility index (Phi) is 10.8. The van der Waals surface area contributed by atoms with Crippen LogP contribution in [0.4, 0.5) is 0 Å². The van der Waals surface area contributed by atoms with Crippen LogP contribution in [0.1, 0.15) is 75.2 Å². The molecule has 1 saturated heterocycles. The van der Waals surface area contributed by atoms with Crippen LogP contribution in [0, 0.1) is 11.8 Å². The highest BCUT2D eigenvalue weighted by Crippen LogP contribution is 2.40. The zero-order valence-corrected chi connectivity index (χ0v) is 21.8. The van der Waals surface area contributed by atoms with Crippen molar-refractivity contribution in [2.75, 3.05) is 0 Å². The molecule has 0 amide bonds. The fraction of sp³-hybridized carbons (Fsp3) is 1.00. The average molecular weight is 417 g/mol. The van der Waals surface area contributed by atoms with E-state index in [-0.39, 0.29) is 18.5 Å². The molecule has 5 atom stereocenters. The van der Waals surface area contributed by atoms with Gasteiger partial charge in [0.05, 0.1) is 12.2 Å². The molecule has 1 aliphatic heterocycles. The van der Waals surface area contributed by atoms with Crippen LogP contribution in [0.3, 0.4) is 0 Å². The van der Waals surface area contributed by atoms with Gasteiger partial charge in [0.2, 0.25) is 0 Å². The first-order valence-electron chi connectivity index (χ1n) is 11.8. The van der Waals surface area contributed by atoms with Crippen molar-refractivity contribution in [3.05, 3.63) is 0 Å². The SMILES string of the molecule is CCC[C@H]1O[C@H](O[Si](CC)(CC)CC)[C@H](C)[C@@H](O[Si](CC)(CC)CC)[C@H]1C. The molecule has 0 aliphatic carbocycles. The Morgan fingerprint density at radius 1 is 0.667 bits per heavy atom. The fourth-order valence-electron chi connectivity index (χ4n) is 4.77. The second-order valence-electron chi connectivity index (χ2n) is 8.74. The minimum atomic E-state index is -1.70. The average Bonchev–Trinajstić information content (AvgIpc) is 2.70. The smallest absolute Gasteiger partial charge is 0.195 e. The number of hydrogen-bond acceptors (Lipinski definition) is 3. The van der Waals surface area contributed by atoms with Crippen molar-refractivity contribution < 1.29 is 13.6 Å². The van der Waals surface area contributed by atoms with E-state index in [1.807, 2.05) is 0 Å². The monoisotopic (exact) mass is 416 g/mol. The maximum Gasteiger partial charge on any atom is 0.195 e. The van der Waals surface area contributed by atoms with E-state index in [0.29, 0.717) is 11.8 Å². The van der Waals surface area contributed by atoms with Gasteiger partial charge in [-0.1, -0.05) is 68.7 Å². The van der Waals surface area contributed by atoms with Gasteiger partial charge in [0.15, 0.2) is 22.9 Å². The summed E-state index contributed by atoms with van der Waals surface area (Å²) in [6, 6.07) is 7.13. The topological polar surface area (TPSA) is 27.7 Å². The Morgan fingerprint density at radius 3 is 1.52 bits per heavy atom. The highest BCUT2D eigenvalue weighted by Gasteiger charge is 2.47. The lowest BCUT2D eigenvalue weighted by molar-refractivity contribution is -0.232. The van der Waals surface area contributed by atoms with E-state index >= 15 is 0 Å². The number of rotatable bonds is 12. The Hall–Kier alpha value is 0.314. The molecular formula is C22H48O3Si2. The predicted octanol–water partition coefficient (Wildman–Crippen LogP) is 7.20. The first kappa shape index (κ1) is 25.4. The molecule has 1 rings (SSSR count). The molecule has 1 heterocycles. The Balaban J connectivity index is 3.13. The molecule has 0 aromatic rings. The lowest BCUT2D eigenvalue weighted by Gasteiger charge is -2.49. The zero-order chi connectivity index (χ0) is 20.7. The molecule has 3 nitrogen and oxygen atoms in total. The van der Waals surface area contributed by atoms with Gasteiger partial charge in [0.1, 0.15) is 0 Å².